The van der Waals surface area contributed by atoms with Crippen molar-refractivity contribution in [1.82, 2.24) is 5.32 Å². The van der Waals surface area contributed by atoms with Crippen molar-refractivity contribution in [2.75, 3.05) is 12.0 Å². The van der Waals surface area contributed by atoms with Gasteiger partial charge < -0.3 is 14.8 Å². The molecule has 0 spiro atoms. The van der Waals surface area contributed by atoms with Crippen molar-refractivity contribution in [2.24, 2.45) is 0 Å². The SMILES string of the molecule is CS(=O)(=O)CCC(NC(=O)c1ccc([N+](=O)[O-])o1)C(=O)O. The monoisotopic (exact) mass is 320 g/mol. The Bertz CT molecular complexity index is 662. The largest absolute Gasteiger partial charge is 0.480 e. The number of carboxylic acids is 1. The summed E-state index contributed by atoms with van der Waals surface area (Å²) < 4.78 is 26.6. The van der Waals surface area contributed by atoms with Crippen molar-refractivity contribution in [1.29, 1.82) is 0 Å². The van der Waals surface area contributed by atoms with Gasteiger partial charge in [-0.1, -0.05) is 0 Å². The van der Waals surface area contributed by atoms with Gasteiger partial charge in [-0.05, 0) is 12.5 Å². The number of rotatable bonds is 7. The third-order valence-electron chi connectivity index (χ3n) is 2.38. The highest BCUT2D eigenvalue weighted by molar-refractivity contribution is 7.90. The molecule has 21 heavy (non-hydrogen) atoms. The summed E-state index contributed by atoms with van der Waals surface area (Å²) in [6, 6.07) is 0.515. The van der Waals surface area contributed by atoms with E-state index in [9.17, 15) is 28.1 Å². The van der Waals surface area contributed by atoms with E-state index in [0.717, 1.165) is 18.4 Å². The molecule has 11 heteroatoms. The van der Waals surface area contributed by atoms with Crippen LogP contribution in [0.3, 0.4) is 0 Å². The second-order valence-corrected chi connectivity index (χ2v) is 6.44. The molecule has 2 N–H and O–H groups in total. The van der Waals surface area contributed by atoms with Crippen molar-refractivity contribution >= 4 is 27.6 Å². The van der Waals surface area contributed by atoms with Gasteiger partial charge in [0.2, 0.25) is 0 Å². The van der Waals surface area contributed by atoms with Crippen molar-refractivity contribution in [3.8, 4) is 0 Å². The fourth-order valence-corrected chi connectivity index (χ4v) is 2.03. The van der Waals surface area contributed by atoms with Crippen molar-refractivity contribution in [2.45, 2.75) is 12.5 Å². The predicted molar refractivity (Wildman–Crippen MR) is 68.6 cm³/mol. The number of carboxylic acid groups (broad SMARTS) is 1. The maximum atomic E-state index is 11.7. The van der Waals surface area contributed by atoms with E-state index in [1.54, 1.807) is 0 Å². The van der Waals surface area contributed by atoms with Crippen LogP contribution in [0.1, 0.15) is 17.0 Å². The molecule has 1 atom stereocenters. The topological polar surface area (TPSA) is 157 Å². The average Bonchev–Trinajstić information content (AvgIpc) is 2.82. The van der Waals surface area contributed by atoms with Gasteiger partial charge in [-0.3, -0.25) is 14.9 Å². The highest BCUT2D eigenvalue weighted by Crippen LogP contribution is 2.15. The molecule has 0 bridgehead atoms. The molecule has 1 rings (SSSR count). The van der Waals surface area contributed by atoms with E-state index in [-0.39, 0.29) is 6.42 Å². The lowest BCUT2D eigenvalue weighted by Gasteiger charge is -2.12. The molecule has 1 unspecified atom stereocenters. The Morgan fingerprint density at radius 2 is 2.10 bits per heavy atom. The number of nitro groups is 1. The summed E-state index contributed by atoms with van der Waals surface area (Å²) in [7, 11) is -3.39. The Morgan fingerprint density at radius 3 is 2.52 bits per heavy atom. The van der Waals surface area contributed by atoms with Gasteiger partial charge in [-0.2, -0.15) is 0 Å². The van der Waals surface area contributed by atoms with Crippen LogP contribution < -0.4 is 5.32 Å². The van der Waals surface area contributed by atoms with E-state index < -0.39 is 50.1 Å². The minimum Gasteiger partial charge on any atom is -0.480 e. The van der Waals surface area contributed by atoms with E-state index in [1.807, 2.05) is 5.32 Å². The van der Waals surface area contributed by atoms with Crippen LogP contribution in [0.5, 0.6) is 0 Å². The lowest BCUT2D eigenvalue weighted by Crippen LogP contribution is -2.41. The van der Waals surface area contributed by atoms with Crippen LogP contribution in [0.2, 0.25) is 0 Å². The van der Waals surface area contributed by atoms with Crippen LogP contribution in [0.15, 0.2) is 16.5 Å². The number of carbonyl (C=O) groups is 2. The van der Waals surface area contributed by atoms with Gasteiger partial charge in [0.05, 0.1) is 11.8 Å². The predicted octanol–water partition coefficient (Wildman–Crippen LogP) is -0.195. The van der Waals surface area contributed by atoms with Gasteiger partial charge in [0.25, 0.3) is 5.91 Å². The van der Waals surface area contributed by atoms with E-state index in [1.165, 1.54) is 0 Å². The first-order valence-electron chi connectivity index (χ1n) is 5.56. The number of hydrogen-bond acceptors (Lipinski definition) is 7. The van der Waals surface area contributed by atoms with Crippen LogP contribution in [0.4, 0.5) is 5.88 Å². The molecular weight excluding hydrogens is 308 g/mol. The minimum atomic E-state index is -3.39. The smallest absolute Gasteiger partial charge is 0.433 e. The highest BCUT2D eigenvalue weighted by Gasteiger charge is 2.25. The number of hydrogen-bond donors (Lipinski definition) is 2. The number of aliphatic carboxylic acids is 1. The second-order valence-electron chi connectivity index (χ2n) is 4.18. The number of carbonyl (C=O) groups excluding carboxylic acids is 1. The van der Waals surface area contributed by atoms with Crippen LogP contribution >= 0.6 is 0 Å². The molecule has 0 aliphatic carbocycles. The Balaban J connectivity index is 2.76. The normalized spacial score (nSPS) is 12.6. The minimum absolute atomic E-state index is 0.331. The summed E-state index contributed by atoms with van der Waals surface area (Å²) in [5.74, 6) is -3.93. The number of sulfone groups is 1. The zero-order chi connectivity index (χ0) is 16.2. The molecule has 1 heterocycles. The number of nitrogens with one attached hydrogen (secondary N) is 1. The fraction of sp³-hybridized carbons (Fsp3) is 0.400. The quantitative estimate of drug-likeness (QED) is 0.516. The molecule has 1 amide bonds. The maximum Gasteiger partial charge on any atom is 0.433 e. The summed E-state index contributed by atoms with van der Waals surface area (Å²) in [5, 5.41) is 21.3. The van der Waals surface area contributed by atoms with E-state index in [0.29, 0.717) is 0 Å². The van der Waals surface area contributed by atoms with Crippen LogP contribution in [-0.2, 0) is 14.6 Å². The first-order valence-corrected chi connectivity index (χ1v) is 7.62. The van der Waals surface area contributed by atoms with Crippen LogP contribution in [0.25, 0.3) is 0 Å². The van der Waals surface area contributed by atoms with Crippen molar-refractivity contribution in [3.05, 3.63) is 28.0 Å². The number of furan rings is 1. The molecule has 0 aliphatic rings. The third-order valence-corrected chi connectivity index (χ3v) is 3.35. The van der Waals surface area contributed by atoms with E-state index >= 15 is 0 Å². The van der Waals surface area contributed by atoms with Crippen LogP contribution in [0, 0.1) is 10.1 Å². The van der Waals surface area contributed by atoms with Gasteiger partial charge in [-0.15, -0.1) is 0 Å². The van der Waals surface area contributed by atoms with Gasteiger partial charge >= 0.3 is 11.9 Å². The fourth-order valence-electron chi connectivity index (χ4n) is 1.37. The van der Waals surface area contributed by atoms with Gasteiger partial charge in [0.15, 0.2) is 5.76 Å². The van der Waals surface area contributed by atoms with Gasteiger partial charge in [0, 0.05) is 6.26 Å². The first kappa shape index (κ1) is 16.6. The molecule has 1 aromatic heterocycles. The first-order chi connectivity index (χ1) is 9.60. The van der Waals surface area contributed by atoms with Crippen molar-refractivity contribution < 1.29 is 32.5 Å². The Hall–Kier alpha value is -2.43. The molecule has 0 aromatic carbocycles. The van der Waals surface area contributed by atoms with Gasteiger partial charge in [-0.25, -0.2) is 13.2 Å². The van der Waals surface area contributed by atoms with Crippen molar-refractivity contribution in [3.63, 3.8) is 0 Å². The third kappa shape index (κ3) is 5.22. The molecular formula is C10H12N2O8S. The summed E-state index contributed by atoms with van der Waals surface area (Å²) >= 11 is 0. The van der Waals surface area contributed by atoms with E-state index in [4.69, 9.17) is 5.11 Å². The Morgan fingerprint density at radius 1 is 1.48 bits per heavy atom. The number of amides is 1. The highest BCUT2D eigenvalue weighted by atomic mass is 32.2. The zero-order valence-electron chi connectivity index (χ0n) is 10.8. The average molecular weight is 320 g/mol. The lowest BCUT2D eigenvalue weighted by atomic mass is 10.2. The molecule has 0 saturated carbocycles. The summed E-state index contributed by atoms with van der Waals surface area (Å²) in [4.78, 5) is 32.2. The Labute approximate surface area is 118 Å². The maximum absolute atomic E-state index is 11.7. The molecule has 0 fully saturated rings. The summed E-state index contributed by atoms with van der Waals surface area (Å²) in [5.41, 5.74) is 0. The van der Waals surface area contributed by atoms with Crippen LogP contribution in [-0.4, -0.2) is 48.4 Å². The molecule has 0 aliphatic heterocycles. The molecule has 116 valence electrons. The molecule has 0 radical (unpaired) electrons. The summed E-state index contributed by atoms with van der Waals surface area (Å²) in [6.07, 6.45) is 0.604. The number of nitrogens with zero attached hydrogens (tertiary/aromatic N) is 1. The zero-order valence-corrected chi connectivity index (χ0v) is 11.6. The summed E-state index contributed by atoms with van der Waals surface area (Å²) in [6.45, 7) is 0. The van der Waals surface area contributed by atoms with E-state index in [2.05, 4.69) is 4.42 Å². The Kier molecular flexibility index (Phi) is 5.02. The molecule has 10 nitrogen and oxygen atoms in total. The molecule has 1 aromatic rings. The standard InChI is InChI=1S/C10H12N2O8S/c1-21(18,19)5-4-6(10(14)15)11-9(13)7-2-3-8(20-7)12(16)17/h2-3,6H,4-5H2,1H3,(H,11,13)(H,14,15). The second kappa shape index (κ2) is 6.35. The van der Waals surface area contributed by atoms with Gasteiger partial charge in [0.1, 0.15) is 20.8 Å². The lowest BCUT2D eigenvalue weighted by molar-refractivity contribution is -0.402. The molecule has 0 saturated heterocycles.